The van der Waals surface area contributed by atoms with E-state index in [9.17, 15) is 27.9 Å². The molecular weight excluding hydrogens is 848 g/mol. The highest BCUT2D eigenvalue weighted by molar-refractivity contribution is 9.10. The molecule has 2 saturated heterocycles. The minimum Gasteiger partial charge on any atom is -0.507 e. The number of pyridine rings is 1. The Kier molecular flexibility index (Phi) is 8.79. The number of aromatic nitrogens is 1. The Balaban J connectivity index is 1.26. The third-order valence-corrected chi connectivity index (χ3v) is 13.0. The number of hydrazine groups is 1. The molecule has 57 heavy (non-hydrogen) atoms. The topological polar surface area (TPSA) is 120 Å². The number of rotatable bonds is 5. The molecule has 3 heterocycles. The number of fused-ring (bicyclic) bond motifs is 5. The fourth-order valence-corrected chi connectivity index (χ4v) is 10.1. The van der Waals surface area contributed by atoms with Crippen molar-refractivity contribution in [2.45, 2.75) is 30.4 Å². The lowest BCUT2D eigenvalue weighted by Crippen LogP contribution is -2.53. The number of carbonyl (C=O) groups excluding carboxylic acids is 4. The normalized spacial score (nSPS) is 25.7. The van der Waals surface area contributed by atoms with Crippen molar-refractivity contribution in [3.8, 4) is 5.75 Å². The molecule has 9 rings (SSSR count). The van der Waals surface area contributed by atoms with E-state index in [4.69, 9.17) is 23.2 Å². The number of nitrogens with zero attached hydrogens (tertiary/aromatic N) is 3. The van der Waals surface area contributed by atoms with E-state index in [-0.39, 0.29) is 30.3 Å². The van der Waals surface area contributed by atoms with Gasteiger partial charge in [0.25, 0.3) is 11.8 Å². The zero-order valence-electron chi connectivity index (χ0n) is 29.3. The van der Waals surface area contributed by atoms with Crippen molar-refractivity contribution in [2.75, 3.05) is 10.3 Å². The second-order valence-electron chi connectivity index (χ2n) is 14.6. The summed E-state index contributed by atoms with van der Waals surface area (Å²) >= 11 is 16.1. The molecule has 1 aromatic heterocycles. The number of nitrogens with one attached hydrogen (secondary N) is 1. The van der Waals surface area contributed by atoms with Gasteiger partial charge in [-0.05, 0) is 83.8 Å². The number of hydrogen-bond acceptors (Lipinski definition) is 7. The minimum absolute atomic E-state index is 0.0154. The molecule has 4 amide bonds. The lowest BCUT2D eigenvalue weighted by atomic mass is 9.49. The molecule has 4 aliphatic rings. The zero-order valence-corrected chi connectivity index (χ0v) is 32.4. The number of amides is 4. The van der Waals surface area contributed by atoms with Crippen molar-refractivity contribution in [1.29, 1.82) is 0 Å². The van der Waals surface area contributed by atoms with E-state index in [1.54, 1.807) is 78.9 Å². The van der Waals surface area contributed by atoms with Gasteiger partial charge in [0.05, 0.1) is 39.4 Å². The molecule has 1 saturated carbocycles. The number of alkyl halides is 3. The fraction of sp³-hybridized carbons (Fsp3) is 0.214. The molecule has 9 nitrogen and oxygen atoms in total. The number of anilines is 2. The number of carbonyl (C=O) groups is 4. The molecule has 0 radical (unpaired) electrons. The van der Waals surface area contributed by atoms with Crippen molar-refractivity contribution in [2.24, 2.45) is 23.7 Å². The molecule has 15 heteroatoms. The van der Waals surface area contributed by atoms with Crippen molar-refractivity contribution in [3.63, 3.8) is 0 Å². The molecule has 6 unspecified atom stereocenters. The standard InChI is InChI=1S/C42H28BrCl2F3N4O5/c43-22-7-11-24(12-8-22)51-37(54)29-14-13-28-30(34(29)39(51)56)18-31-38(55)52(50-36-32(45)17-21(19-49-36)42(46,47)48)40(57)41(31,20-5-9-23(44)10-6-20)35(28)27-15-16-33(53)26-4-2-1-3-25(26)27/h1-13,15-17,19,29-31,34-35,53H,14,18H2,(H,49,50). The van der Waals surface area contributed by atoms with Crippen LogP contribution in [0.5, 0.6) is 5.75 Å². The van der Waals surface area contributed by atoms with Crippen LogP contribution in [0.3, 0.4) is 0 Å². The van der Waals surface area contributed by atoms with Crippen LogP contribution in [0.25, 0.3) is 10.8 Å². The number of imide groups is 2. The number of phenols is 1. The minimum atomic E-state index is -4.75. The summed E-state index contributed by atoms with van der Waals surface area (Å²) in [6.07, 6.45) is -2.16. The first-order valence-corrected chi connectivity index (χ1v) is 19.4. The quantitative estimate of drug-likeness (QED) is 0.134. The maximum atomic E-state index is 15.5. The number of halogens is 6. The van der Waals surface area contributed by atoms with Gasteiger partial charge in [-0.2, -0.15) is 18.2 Å². The smallest absolute Gasteiger partial charge is 0.417 e. The van der Waals surface area contributed by atoms with Gasteiger partial charge in [-0.25, -0.2) is 4.98 Å². The summed E-state index contributed by atoms with van der Waals surface area (Å²) in [5, 5.41) is 12.7. The second kappa shape index (κ2) is 13.4. The van der Waals surface area contributed by atoms with Gasteiger partial charge in [0.1, 0.15) is 5.75 Å². The highest BCUT2D eigenvalue weighted by Gasteiger charge is 2.70. The highest BCUT2D eigenvalue weighted by atomic mass is 79.9. The van der Waals surface area contributed by atoms with Crippen LogP contribution in [0.4, 0.5) is 24.7 Å². The molecule has 6 atom stereocenters. The van der Waals surface area contributed by atoms with Gasteiger partial charge in [-0.15, -0.1) is 0 Å². The molecule has 5 aromatic rings. The molecule has 0 bridgehead atoms. The number of aromatic hydroxyl groups is 1. The van der Waals surface area contributed by atoms with E-state index in [0.717, 1.165) is 9.48 Å². The van der Waals surface area contributed by atoms with E-state index >= 15 is 9.59 Å². The van der Waals surface area contributed by atoms with Crippen LogP contribution >= 0.6 is 39.1 Å². The summed E-state index contributed by atoms with van der Waals surface area (Å²) < 4.78 is 41.4. The monoisotopic (exact) mass is 874 g/mol. The third-order valence-electron chi connectivity index (χ3n) is 11.9. The summed E-state index contributed by atoms with van der Waals surface area (Å²) in [6.45, 7) is 0. The number of hydrogen-bond donors (Lipinski definition) is 2. The molecule has 2 N–H and O–H groups in total. The Bertz CT molecular complexity index is 2590. The van der Waals surface area contributed by atoms with E-state index in [1.807, 2.05) is 6.08 Å². The maximum Gasteiger partial charge on any atom is 0.417 e. The van der Waals surface area contributed by atoms with Gasteiger partial charge < -0.3 is 5.11 Å². The largest absolute Gasteiger partial charge is 0.507 e. The van der Waals surface area contributed by atoms with Crippen LogP contribution in [0.2, 0.25) is 10.0 Å². The third kappa shape index (κ3) is 5.60. The highest BCUT2D eigenvalue weighted by Crippen LogP contribution is 2.65. The SMILES string of the molecule is O=C1C2CC3C(=CCC4C(=O)N(c5ccc(Br)cc5)C(=O)C43)C(c3ccc(O)c4ccccc34)C2(c2ccc(Cl)cc2)C(=O)N1Nc1ncc(C(F)(F)F)cc1Cl. The Labute approximate surface area is 341 Å². The van der Waals surface area contributed by atoms with E-state index in [1.165, 1.54) is 11.0 Å². The van der Waals surface area contributed by atoms with Crippen LogP contribution in [-0.2, 0) is 30.8 Å². The molecule has 4 aromatic carbocycles. The first kappa shape index (κ1) is 37.3. The molecular formula is C42H28BrCl2F3N4O5. The molecule has 2 aliphatic carbocycles. The van der Waals surface area contributed by atoms with E-state index < -0.39 is 69.5 Å². The van der Waals surface area contributed by atoms with Crippen LogP contribution in [-0.4, -0.2) is 38.7 Å². The first-order valence-electron chi connectivity index (χ1n) is 17.9. The number of allylic oxidation sites excluding steroid dienone is 2. The Morgan fingerprint density at radius 1 is 0.860 bits per heavy atom. The Morgan fingerprint density at radius 2 is 1.56 bits per heavy atom. The summed E-state index contributed by atoms with van der Waals surface area (Å²) in [5.41, 5.74) is 1.86. The first-order chi connectivity index (χ1) is 27.2. The average molecular weight is 877 g/mol. The second-order valence-corrected chi connectivity index (χ2v) is 16.4. The number of benzene rings is 4. The lowest BCUT2D eigenvalue weighted by Gasteiger charge is -2.51. The summed E-state index contributed by atoms with van der Waals surface area (Å²) in [7, 11) is 0. The van der Waals surface area contributed by atoms with Crippen molar-refractivity contribution < 1.29 is 37.5 Å². The van der Waals surface area contributed by atoms with Crippen molar-refractivity contribution in [3.05, 3.63) is 140 Å². The fourth-order valence-electron chi connectivity index (χ4n) is 9.53. The van der Waals surface area contributed by atoms with Gasteiger partial charge in [-0.3, -0.25) is 29.5 Å². The predicted molar refractivity (Wildman–Crippen MR) is 209 cm³/mol. The Morgan fingerprint density at radius 3 is 2.25 bits per heavy atom. The van der Waals surface area contributed by atoms with Gasteiger partial charge in [-0.1, -0.05) is 93.2 Å². The van der Waals surface area contributed by atoms with Crippen molar-refractivity contribution in [1.82, 2.24) is 9.99 Å². The maximum absolute atomic E-state index is 15.5. The van der Waals surface area contributed by atoms with Crippen LogP contribution < -0.4 is 10.3 Å². The molecule has 3 fully saturated rings. The van der Waals surface area contributed by atoms with Gasteiger partial charge >= 0.3 is 6.18 Å². The van der Waals surface area contributed by atoms with E-state index in [2.05, 4.69) is 26.3 Å². The zero-order chi connectivity index (χ0) is 40.1. The average Bonchev–Trinajstić information content (AvgIpc) is 3.57. The van der Waals surface area contributed by atoms with Crippen molar-refractivity contribution >= 4 is 85.0 Å². The van der Waals surface area contributed by atoms with Crippen LogP contribution in [0, 0.1) is 23.7 Å². The van der Waals surface area contributed by atoms with Gasteiger partial charge in [0.2, 0.25) is 11.8 Å². The summed E-state index contributed by atoms with van der Waals surface area (Å²) in [5.74, 6) is -7.12. The Hall–Kier alpha value is -5.24. The molecule has 0 spiro atoms. The van der Waals surface area contributed by atoms with Gasteiger partial charge in [0.15, 0.2) is 5.82 Å². The van der Waals surface area contributed by atoms with E-state index in [0.29, 0.717) is 50.4 Å². The van der Waals surface area contributed by atoms with Crippen LogP contribution in [0.1, 0.15) is 35.4 Å². The van der Waals surface area contributed by atoms with Gasteiger partial charge in [0, 0.05) is 27.0 Å². The summed E-state index contributed by atoms with van der Waals surface area (Å²) in [6, 6.07) is 24.3. The number of phenolic OH excluding ortho intramolecular Hbond substituents is 1. The summed E-state index contributed by atoms with van der Waals surface area (Å²) in [4.78, 5) is 64.3. The predicted octanol–water partition coefficient (Wildman–Crippen LogP) is 9.22. The molecule has 2 aliphatic heterocycles. The van der Waals surface area contributed by atoms with Crippen LogP contribution in [0.15, 0.2) is 113 Å². The molecule has 288 valence electrons. The lowest BCUT2D eigenvalue weighted by molar-refractivity contribution is -0.139.